The van der Waals surface area contributed by atoms with Gasteiger partial charge in [0.2, 0.25) is 5.91 Å². The number of aromatic nitrogens is 1. The predicted molar refractivity (Wildman–Crippen MR) is 128 cm³/mol. The van der Waals surface area contributed by atoms with Crippen LogP contribution >= 0.6 is 0 Å². The Morgan fingerprint density at radius 2 is 1.57 bits per heavy atom. The molecule has 2 rings (SSSR count). The minimum atomic E-state index is 0.324. The highest BCUT2D eigenvalue weighted by Crippen LogP contribution is 2.16. The topological polar surface area (TPSA) is 25.2 Å². The summed E-state index contributed by atoms with van der Waals surface area (Å²) in [6, 6.07) is 12.8. The molecule has 0 saturated heterocycles. The van der Waals surface area contributed by atoms with Crippen LogP contribution in [0.1, 0.15) is 94.9 Å². The van der Waals surface area contributed by atoms with E-state index >= 15 is 0 Å². The standard InChI is InChI=1S/C27H42N2O/c1-4-6-8-9-10-11-19-27(30)29(20-14-7-5-2)23-26-18-15-21-28(26)22-25-17-13-12-16-24(25)3/h12-13,15-18,21H,4-11,14,19-20,22-23H2,1-3H3. The van der Waals surface area contributed by atoms with Crippen molar-refractivity contribution in [2.24, 2.45) is 0 Å². The van der Waals surface area contributed by atoms with E-state index in [0.29, 0.717) is 12.3 Å². The van der Waals surface area contributed by atoms with Gasteiger partial charge in [-0.05, 0) is 43.0 Å². The monoisotopic (exact) mass is 410 g/mol. The number of benzene rings is 1. The molecule has 3 heteroatoms. The Kier molecular flexibility index (Phi) is 11.4. The molecule has 0 atom stereocenters. The maximum atomic E-state index is 13.0. The molecule has 0 aliphatic rings. The SMILES string of the molecule is CCCCCCCCC(=O)N(CCCCC)Cc1cccn1Cc1ccccc1C. The lowest BCUT2D eigenvalue weighted by Gasteiger charge is -2.24. The molecular weight excluding hydrogens is 368 g/mol. The van der Waals surface area contributed by atoms with E-state index in [4.69, 9.17) is 0 Å². The van der Waals surface area contributed by atoms with E-state index in [1.165, 1.54) is 61.8 Å². The first-order chi connectivity index (χ1) is 14.7. The summed E-state index contributed by atoms with van der Waals surface area (Å²) >= 11 is 0. The van der Waals surface area contributed by atoms with Gasteiger partial charge in [0.05, 0.1) is 6.54 Å². The van der Waals surface area contributed by atoms with Gasteiger partial charge in [0.15, 0.2) is 0 Å². The van der Waals surface area contributed by atoms with Gasteiger partial charge >= 0.3 is 0 Å². The molecule has 0 aliphatic heterocycles. The second kappa shape index (κ2) is 14.1. The van der Waals surface area contributed by atoms with Crippen LogP contribution in [-0.4, -0.2) is 21.9 Å². The van der Waals surface area contributed by atoms with Gasteiger partial charge in [0.1, 0.15) is 0 Å². The summed E-state index contributed by atoms with van der Waals surface area (Å²) in [7, 11) is 0. The van der Waals surface area contributed by atoms with Crippen LogP contribution in [0.15, 0.2) is 42.6 Å². The van der Waals surface area contributed by atoms with Crippen molar-refractivity contribution < 1.29 is 4.79 Å². The lowest BCUT2D eigenvalue weighted by atomic mass is 10.1. The molecule has 1 aromatic heterocycles. The molecule has 0 bridgehead atoms. The van der Waals surface area contributed by atoms with E-state index in [2.05, 4.69) is 72.8 Å². The highest BCUT2D eigenvalue weighted by Gasteiger charge is 2.15. The van der Waals surface area contributed by atoms with Crippen molar-refractivity contribution in [2.75, 3.05) is 6.54 Å². The minimum Gasteiger partial charge on any atom is -0.345 e. The molecule has 1 aromatic carbocycles. The molecule has 166 valence electrons. The van der Waals surface area contributed by atoms with Gasteiger partial charge < -0.3 is 9.47 Å². The number of nitrogens with zero attached hydrogens (tertiary/aromatic N) is 2. The Morgan fingerprint density at radius 1 is 0.867 bits per heavy atom. The Hall–Kier alpha value is -2.03. The zero-order valence-corrected chi connectivity index (χ0v) is 19.5. The molecule has 3 nitrogen and oxygen atoms in total. The van der Waals surface area contributed by atoms with E-state index in [1.54, 1.807) is 0 Å². The normalized spacial score (nSPS) is 11.0. The van der Waals surface area contributed by atoms with Crippen LogP contribution in [-0.2, 0) is 17.9 Å². The first-order valence-electron chi connectivity index (χ1n) is 12.1. The summed E-state index contributed by atoms with van der Waals surface area (Å²) in [5.74, 6) is 0.324. The first-order valence-corrected chi connectivity index (χ1v) is 12.1. The lowest BCUT2D eigenvalue weighted by molar-refractivity contribution is -0.132. The minimum absolute atomic E-state index is 0.324. The Labute approximate surface area is 184 Å². The van der Waals surface area contributed by atoms with Gasteiger partial charge in [-0.3, -0.25) is 4.79 Å². The third-order valence-electron chi connectivity index (χ3n) is 6.01. The van der Waals surface area contributed by atoms with Crippen molar-refractivity contribution in [2.45, 2.75) is 98.1 Å². The molecule has 2 aromatic rings. The molecule has 0 saturated carbocycles. The summed E-state index contributed by atoms with van der Waals surface area (Å²) in [6.07, 6.45) is 13.6. The summed E-state index contributed by atoms with van der Waals surface area (Å²) in [4.78, 5) is 15.1. The summed E-state index contributed by atoms with van der Waals surface area (Å²) in [5, 5.41) is 0. The van der Waals surface area contributed by atoms with Crippen LogP contribution in [0.5, 0.6) is 0 Å². The van der Waals surface area contributed by atoms with Gasteiger partial charge in [-0.1, -0.05) is 83.1 Å². The molecule has 0 spiro atoms. The molecule has 0 aliphatic carbocycles. The van der Waals surface area contributed by atoms with Crippen LogP contribution < -0.4 is 0 Å². The molecule has 30 heavy (non-hydrogen) atoms. The number of unbranched alkanes of at least 4 members (excludes halogenated alkanes) is 7. The zero-order chi connectivity index (χ0) is 21.6. The maximum Gasteiger partial charge on any atom is 0.222 e. The quantitative estimate of drug-likeness (QED) is 0.287. The van der Waals surface area contributed by atoms with Crippen LogP contribution in [0, 0.1) is 6.92 Å². The molecule has 0 unspecified atom stereocenters. The Morgan fingerprint density at radius 3 is 2.33 bits per heavy atom. The highest BCUT2D eigenvalue weighted by atomic mass is 16.2. The van der Waals surface area contributed by atoms with E-state index in [1.807, 2.05) is 0 Å². The summed E-state index contributed by atoms with van der Waals surface area (Å²) < 4.78 is 2.30. The summed E-state index contributed by atoms with van der Waals surface area (Å²) in [6.45, 7) is 9.08. The second-order valence-electron chi connectivity index (χ2n) is 8.59. The average Bonchev–Trinajstić information content (AvgIpc) is 3.18. The van der Waals surface area contributed by atoms with Crippen LogP contribution in [0.4, 0.5) is 0 Å². The lowest BCUT2D eigenvalue weighted by Crippen LogP contribution is -2.32. The fraction of sp³-hybridized carbons (Fsp3) is 0.593. The van der Waals surface area contributed by atoms with E-state index in [0.717, 1.165) is 32.5 Å². The van der Waals surface area contributed by atoms with E-state index in [-0.39, 0.29) is 0 Å². The number of hydrogen-bond donors (Lipinski definition) is 0. The van der Waals surface area contributed by atoms with Crippen molar-refractivity contribution in [3.05, 3.63) is 59.4 Å². The molecular formula is C27H42N2O. The Balaban J connectivity index is 1.96. The summed E-state index contributed by atoms with van der Waals surface area (Å²) in [5.41, 5.74) is 3.88. The first kappa shape index (κ1) is 24.2. The van der Waals surface area contributed by atoms with Crippen LogP contribution in [0.3, 0.4) is 0 Å². The number of carbonyl (C=O) groups excluding carboxylic acids is 1. The molecule has 1 heterocycles. The van der Waals surface area contributed by atoms with Crippen molar-refractivity contribution >= 4 is 5.91 Å². The second-order valence-corrected chi connectivity index (χ2v) is 8.59. The number of carbonyl (C=O) groups is 1. The molecule has 0 radical (unpaired) electrons. The fourth-order valence-corrected chi connectivity index (χ4v) is 3.97. The van der Waals surface area contributed by atoms with Gasteiger partial charge in [0.25, 0.3) is 0 Å². The van der Waals surface area contributed by atoms with E-state index < -0.39 is 0 Å². The number of aryl methyl sites for hydroxylation is 1. The molecule has 1 amide bonds. The smallest absolute Gasteiger partial charge is 0.222 e. The third kappa shape index (κ3) is 8.38. The fourth-order valence-electron chi connectivity index (χ4n) is 3.97. The largest absolute Gasteiger partial charge is 0.345 e. The highest BCUT2D eigenvalue weighted by molar-refractivity contribution is 5.76. The number of hydrogen-bond acceptors (Lipinski definition) is 1. The van der Waals surface area contributed by atoms with Crippen molar-refractivity contribution in [1.29, 1.82) is 0 Å². The zero-order valence-electron chi connectivity index (χ0n) is 19.5. The maximum absolute atomic E-state index is 13.0. The van der Waals surface area contributed by atoms with Gasteiger partial charge in [-0.25, -0.2) is 0 Å². The number of amides is 1. The Bertz CT molecular complexity index is 734. The third-order valence-corrected chi connectivity index (χ3v) is 6.01. The van der Waals surface area contributed by atoms with Crippen LogP contribution in [0.25, 0.3) is 0 Å². The van der Waals surface area contributed by atoms with E-state index in [9.17, 15) is 4.79 Å². The molecule has 0 fully saturated rings. The van der Waals surface area contributed by atoms with Crippen molar-refractivity contribution in [3.63, 3.8) is 0 Å². The number of rotatable bonds is 15. The van der Waals surface area contributed by atoms with Crippen LogP contribution in [0.2, 0.25) is 0 Å². The predicted octanol–water partition coefficient (Wildman–Crippen LogP) is 7.11. The van der Waals surface area contributed by atoms with Crippen molar-refractivity contribution in [1.82, 2.24) is 9.47 Å². The average molecular weight is 411 g/mol. The van der Waals surface area contributed by atoms with Gasteiger partial charge in [-0.2, -0.15) is 0 Å². The van der Waals surface area contributed by atoms with Crippen molar-refractivity contribution in [3.8, 4) is 0 Å². The van der Waals surface area contributed by atoms with Gasteiger partial charge in [-0.15, -0.1) is 0 Å². The van der Waals surface area contributed by atoms with Gasteiger partial charge in [0, 0.05) is 31.4 Å². The molecule has 0 N–H and O–H groups in total.